The van der Waals surface area contributed by atoms with Crippen molar-refractivity contribution in [3.8, 4) is 67.5 Å². The van der Waals surface area contributed by atoms with Crippen molar-refractivity contribution < 1.29 is 39.7 Å². The van der Waals surface area contributed by atoms with E-state index < -0.39 is 20.6 Å². The number of benzene rings is 6. The van der Waals surface area contributed by atoms with Gasteiger partial charge >= 0.3 is 0 Å². The van der Waals surface area contributed by atoms with Crippen molar-refractivity contribution in [3.63, 3.8) is 0 Å². The highest BCUT2D eigenvalue weighted by atomic mass is 14.9. The number of pyridine rings is 6. The molecule has 6 heterocycles. The molecule has 12 aromatic rings. The highest BCUT2D eigenvalue weighted by Crippen LogP contribution is 2.29. The summed E-state index contributed by atoms with van der Waals surface area (Å²) in [6.45, 7) is 25.1. The smallest absolute Gasteiger partial charge is 0.201 e. The minimum absolute atomic E-state index is 0.379. The lowest BCUT2D eigenvalue weighted by molar-refractivity contribution is -0.661. The molecular formula is C92H112N6+6. The predicted octanol–water partition coefficient (Wildman–Crippen LogP) is 19.4. The van der Waals surface area contributed by atoms with Crippen LogP contribution in [0.2, 0.25) is 0 Å². The van der Waals surface area contributed by atoms with Gasteiger partial charge in [-0.2, -0.15) is 0 Å². The highest BCUT2D eigenvalue weighted by Gasteiger charge is 2.21. The Labute approximate surface area is 603 Å². The van der Waals surface area contributed by atoms with Gasteiger partial charge in [0.2, 0.25) is 34.2 Å². The molecule has 0 aliphatic rings. The molecule has 12 rings (SSSR count). The summed E-state index contributed by atoms with van der Waals surface area (Å²) in [5.41, 5.74) is 32.2. The van der Waals surface area contributed by atoms with Crippen LogP contribution >= 0.6 is 0 Å². The zero-order valence-electron chi connectivity index (χ0n) is 71.3. The van der Waals surface area contributed by atoms with Crippen LogP contribution in [0.5, 0.6) is 0 Å². The van der Waals surface area contributed by atoms with Gasteiger partial charge < -0.3 is 0 Å². The van der Waals surface area contributed by atoms with E-state index in [0.717, 1.165) is 62.4 Å². The van der Waals surface area contributed by atoms with Crippen LogP contribution in [0.1, 0.15) is 134 Å². The summed E-state index contributed by atoms with van der Waals surface area (Å²) in [4.78, 5) is 0. The molecule has 6 nitrogen and oxygen atoms in total. The number of nitrogens with zero attached hydrogens (tertiary/aromatic N) is 6. The van der Waals surface area contributed by atoms with E-state index in [1.165, 1.54) is 89.4 Å². The standard InChI is InChI=1S/2C16H20N.4C15H18N/c1-11-8-6-7-9-15(11)16-14(4)13(3)12(2)10-17(16)5;1-12(2)14-9-10-16(17(4)11-14)15-8-6-5-7-13(15)3;1-11-9-13(3)15(16(4)10-11)14-8-6-5-7-12(14)2;1-11-7-5-6-8-14(11)15-9-12(2)13(3)10-16(15)4;1-11-9-10-16(4)15(13(11)3)14-8-6-5-7-12(14)2;1-4-13-9-10-15(16(3)11-13)14-8-6-5-7-12(14)2/h6-10H,1-5H3;5-12H,1-4H3;3*5-10H,1-4H3;5-11H,4H2,1-3H3/q6*+1/i2D3;;1D3;3D3;;. The van der Waals surface area contributed by atoms with E-state index in [1.54, 1.807) is 24.7 Å². The average molecular weight is 1310 g/mol. The maximum atomic E-state index is 7.64. The molecule has 0 radical (unpaired) electrons. The first-order chi connectivity index (χ1) is 50.3. The maximum Gasteiger partial charge on any atom is 0.215 e. The van der Waals surface area contributed by atoms with Crippen LogP contribution in [0.4, 0.5) is 0 Å². The Morgan fingerprint density at radius 1 is 0.296 bits per heavy atom. The lowest BCUT2D eigenvalue weighted by Gasteiger charge is -2.10. The summed E-state index contributed by atoms with van der Waals surface area (Å²) in [7, 11) is 12.0. The van der Waals surface area contributed by atoms with Crippen molar-refractivity contribution in [1.82, 2.24) is 0 Å². The Balaban J connectivity index is 0.000000179. The molecule has 0 N–H and O–H groups in total. The van der Waals surface area contributed by atoms with E-state index in [-0.39, 0.29) is 0 Å². The van der Waals surface area contributed by atoms with Gasteiger partial charge in [-0.3, -0.25) is 0 Å². The number of aryl methyl sites for hydroxylation is 19. The van der Waals surface area contributed by atoms with Crippen molar-refractivity contribution in [2.75, 3.05) is 0 Å². The van der Waals surface area contributed by atoms with Gasteiger partial charge in [0.15, 0.2) is 37.2 Å². The second kappa shape index (κ2) is 34.9. The van der Waals surface area contributed by atoms with E-state index in [1.807, 2.05) is 105 Å². The van der Waals surface area contributed by atoms with Crippen LogP contribution in [0.25, 0.3) is 67.5 Å². The van der Waals surface area contributed by atoms with Crippen LogP contribution in [0.15, 0.2) is 225 Å². The Hall–Kier alpha value is -9.78. The topological polar surface area (TPSA) is 23.3 Å². The fourth-order valence-electron chi connectivity index (χ4n) is 12.5. The van der Waals surface area contributed by atoms with Gasteiger partial charge in [0, 0.05) is 114 Å². The van der Waals surface area contributed by atoms with Crippen molar-refractivity contribution in [3.05, 3.63) is 320 Å². The van der Waals surface area contributed by atoms with E-state index in [0.29, 0.717) is 22.6 Å². The molecule has 0 aliphatic carbocycles. The molecule has 0 saturated heterocycles. The Morgan fingerprint density at radius 3 is 1.11 bits per heavy atom. The van der Waals surface area contributed by atoms with E-state index in [9.17, 15) is 0 Å². The third kappa shape index (κ3) is 19.1. The summed E-state index contributed by atoms with van der Waals surface area (Å²) < 4.78 is 80.4. The van der Waals surface area contributed by atoms with Crippen molar-refractivity contribution in [2.45, 2.75) is 137 Å². The highest BCUT2D eigenvalue weighted by molar-refractivity contribution is 5.68. The average Bonchev–Trinajstić information content (AvgIpc) is 0.787. The van der Waals surface area contributed by atoms with Crippen molar-refractivity contribution in [1.29, 1.82) is 0 Å². The lowest BCUT2D eigenvalue weighted by Crippen LogP contribution is -2.33. The molecule has 0 amide bonds. The first-order valence-electron chi connectivity index (χ1n) is 38.6. The van der Waals surface area contributed by atoms with Gasteiger partial charge in [-0.1, -0.05) is 130 Å². The molecular weight excluding hydrogens is 1190 g/mol. The second-order valence-electron chi connectivity index (χ2n) is 26.5. The molecule has 6 heteroatoms. The van der Waals surface area contributed by atoms with Gasteiger partial charge in [-0.15, -0.1) is 0 Å². The zero-order chi connectivity index (χ0) is 79.2. The summed E-state index contributed by atoms with van der Waals surface area (Å²) in [6.07, 6.45) is 12.8. The summed E-state index contributed by atoms with van der Waals surface area (Å²) in [6, 6.07) is 64.7. The number of hydrogen-bond acceptors (Lipinski definition) is 0. The van der Waals surface area contributed by atoms with Crippen LogP contribution in [0, 0.1) is 104 Å². The van der Waals surface area contributed by atoms with E-state index >= 15 is 0 Å². The summed E-state index contributed by atoms with van der Waals surface area (Å²) >= 11 is 0. The first kappa shape index (κ1) is 63.0. The van der Waals surface area contributed by atoms with Crippen LogP contribution in [0.3, 0.4) is 0 Å². The molecule has 98 heavy (non-hydrogen) atoms. The molecule has 0 unspecified atom stereocenters. The largest absolute Gasteiger partial charge is 0.215 e. The fraction of sp³-hybridized carbons (Fsp3) is 0.283. The monoisotopic (exact) mass is 1310 g/mol. The quantitative estimate of drug-likeness (QED) is 0.135. The molecule has 0 bridgehead atoms. The van der Waals surface area contributed by atoms with E-state index in [4.69, 9.17) is 12.3 Å². The minimum Gasteiger partial charge on any atom is -0.201 e. The third-order valence-electron chi connectivity index (χ3n) is 18.6. The molecule has 0 aliphatic heterocycles. The maximum absolute atomic E-state index is 7.64. The van der Waals surface area contributed by atoms with Gasteiger partial charge in [-0.05, 0) is 221 Å². The Bertz CT molecular complexity index is 5060. The molecule has 0 saturated carbocycles. The fourth-order valence-corrected chi connectivity index (χ4v) is 12.5. The predicted molar refractivity (Wildman–Crippen MR) is 413 cm³/mol. The number of aromatic nitrogens is 6. The normalized spacial score (nSPS) is 12.3. The molecule has 6 aromatic carbocycles. The molecule has 6 aromatic heterocycles. The van der Waals surface area contributed by atoms with Gasteiger partial charge in [0.25, 0.3) is 0 Å². The van der Waals surface area contributed by atoms with Crippen LogP contribution in [-0.2, 0) is 48.7 Å². The zero-order valence-corrected chi connectivity index (χ0v) is 62.3. The SMILES string of the molecule is CCc1ccc(-c2ccccc2C)[n+](C)c1.Cc1ccccc1-c1c(C)c(C)cc[n+]1C.Cc1ccccc1-c1ccc(C(C)C)c[n+]1C.[2H]C([2H])([2H])c1c[n+](C)c(-c2ccccc2C)c(C)c1C.[2H]C([2H])([2H])c1c[n+](C)c(-c2ccccc2C)cc1C.[2H]C([2H])([2H])c1cc(C)c(-c2ccccc2C)[n+](C)c1. The van der Waals surface area contributed by atoms with Crippen LogP contribution < -0.4 is 27.4 Å². The number of hydrogen-bond donors (Lipinski definition) is 0. The van der Waals surface area contributed by atoms with Gasteiger partial charge in [-0.25, -0.2) is 27.4 Å². The summed E-state index contributed by atoms with van der Waals surface area (Å²) in [5.74, 6) is 0.576. The van der Waals surface area contributed by atoms with Crippen molar-refractivity contribution in [2.24, 2.45) is 42.3 Å². The van der Waals surface area contributed by atoms with E-state index in [2.05, 4.69) is 269 Å². The summed E-state index contributed by atoms with van der Waals surface area (Å²) in [5, 5.41) is 0. The van der Waals surface area contributed by atoms with Crippen LogP contribution in [-0.4, -0.2) is 0 Å². The molecule has 504 valence electrons. The molecule has 0 spiro atoms. The molecule has 0 fully saturated rings. The van der Waals surface area contributed by atoms with Gasteiger partial charge in [0.05, 0.1) is 0 Å². The Morgan fingerprint density at radius 2 is 0.694 bits per heavy atom. The molecule has 0 atom stereocenters. The van der Waals surface area contributed by atoms with Gasteiger partial charge in [0.1, 0.15) is 42.3 Å². The first-order valence-corrected chi connectivity index (χ1v) is 34.1. The third-order valence-corrected chi connectivity index (χ3v) is 18.6. The second-order valence-corrected chi connectivity index (χ2v) is 26.5. The van der Waals surface area contributed by atoms with Crippen molar-refractivity contribution >= 4 is 0 Å². The number of rotatable bonds is 8. The Kier molecular flexibility index (Phi) is 22.5. The lowest BCUT2D eigenvalue weighted by atomic mass is 9.97. The minimum atomic E-state index is -2.07.